The van der Waals surface area contributed by atoms with Crippen LogP contribution < -0.4 is 5.32 Å². The summed E-state index contributed by atoms with van der Waals surface area (Å²) in [6.45, 7) is 2.94. The molecule has 0 saturated heterocycles. The molecule has 0 unspecified atom stereocenters. The van der Waals surface area contributed by atoms with Gasteiger partial charge in [-0.05, 0) is 36.1 Å². The number of hydrogen-bond donors (Lipinski definition) is 1. The van der Waals surface area contributed by atoms with Crippen molar-refractivity contribution in [3.8, 4) is 0 Å². The second kappa shape index (κ2) is 5.80. The molecule has 0 amide bonds. The van der Waals surface area contributed by atoms with Crippen LogP contribution in [0.1, 0.15) is 24.1 Å². The van der Waals surface area contributed by atoms with E-state index in [2.05, 4.69) is 22.8 Å². The number of ether oxygens (including phenoxy) is 1. The minimum Gasteiger partial charge on any atom is -0.383 e. The van der Waals surface area contributed by atoms with E-state index in [0.29, 0.717) is 5.41 Å². The highest BCUT2D eigenvalue weighted by Gasteiger charge is 2.36. The van der Waals surface area contributed by atoms with Gasteiger partial charge in [0.05, 0.1) is 6.61 Å². The van der Waals surface area contributed by atoms with Crippen molar-refractivity contribution in [2.45, 2.75) is 25.7 Å². The van der Waals surface area contributed by atoms with E-state index in [4.69, 9.17) is 4.74 Å². The van der Waals surface area contributed by atoms with Crippen molar-refractivity contribution in [1.82, 2.24) is 5.32 Å². The van der Waals surface area contributed by atoms with Crippen LogP contribution in [0.2, 0.25) is 0 Å². The molecule has 0 aliphatic heterocycles. The van der Waals surface area contributed by atoms with Crippen LogP contribution in [-0.4, -0.2) is 26.8 Å². The lowest BCUT2D eigenvalue weighted by atomic mass is 9.66. The van der Waals surface area contributed by atoms with Crippen LogP contribution in [0.25, 0.3) is 0 Å². The molecule has 1 heterocycles. The Morgan fingerprint density at radius 3 is 2.94 bits per heavy atom. The Hall–Kier alpha value is -0.380. The maximum absolute atomic E-state index is 5.05. The molecule has 1 aromatic rings. The molecule has 0 atom stereocenters. The van der Waals surface area contributed by atoms with Gasteiger partial charge in [-0.15, -0.1) is 11.3 Å². The predicted molar refractivity (Wildman–Crippen MR) is 69.1 cm³/mol. The molecule has 0 spiro atoms. The first-order valence-electron chi connectivity index (χ1n) is 6.07. The summed E-state index contributed by atoms with van der Waals surface area (Å²) < 4.78 is 5.05. The molecule has 1 aliphatic carbocycles. The Balaban J connectivity index is 1.78. The van der Waals surface area contributed by atoms with Crippen molar-refractivity contribution in [1.29, 1.82) is 0 Å². The maximum atomic E-state index is 5.05. The molecule has 0 radical (unpaired) electrons. The molecule has 0 bridgehead atoms. The van der Waals surface area contributed by atoms with E-state index in [1.165, 1.54) is 30.6 Å². The molecule has 1 aromatic heterocycles. The molecule has 0 aromatic carbocycles. The van der Waals surface area contributed by atoms with Gasteiger partial charge in [0.15, 0.2) is 0 Å². The van der Waals surface area contributed by atoms with Crippen LogP contribution in [-0.2, 0) is 11.2 Å². The molecular weight excluding hydrogens is 218 g/mol. The second-order valence-corrected chi connectivity index (χ2v) is 5.81. The third kappa shape index (κ3) is 3.06. The Kier molecular flexibility index (Phi) is 4.38. The van der Waals surface area contributed by atoms with Gasteiger partial charge in [0.25, 0.3) is 0 Å². The van der Waals surface area contributed by atoms with Gasteiger partial charge in [-0.3, -0.25) is 0 Å². The summed E-state index contributed by atoms with van der Waals surface area (Å²) in [4.78, 5) is 1.54. The van der Waals surface area contributed by atoms with E-state index in [1.807, 2.05) is 11.3 Å². The lowest BCUT2D eigenvalue weighted by Gasteiger charge is -2.42. The van der Waals surface area contributed by atoms with Crippen molar-refractivity contribution < 1.29 is 4.74 Å². The van der Waals surface area contributed by atoms with E-state index >= 15 is 0 Å². The quantitative estimate of drug-likeness (QED) is 0.739. The highest BCUT2D eigenvalue weighted by atomic mass is 32.1. The van der Waals surface area contributed by atoms with Crippen LogP contribution in [0.5, 0.6) is 0 Å². The summed E-state index contributed by atoms with van der Waals surface area (Å²) in [6, 6.07) is 4.42. The third-order valence-corrected chi connectivity index (χ3v) is 4.40. The van der Waals surface area contributed by atoms with E-state index in [1.54, 1.807) is 7.11 Å². The van der Waals surface area contributed by atoms with Crippen LogP contribution >= 0.6 is 11.3 Å². The molecule has 1 saturated carbocycles. The van der Waals surface area contributed by atoms with Gasteiger partial charge in [0.1, 0.15) is 0 Å². The maximum Gasteiger partial charge on any atom is 0.0587 e. The number of thiophene rings is 1. The summed E-state index contributed by atoms with van der Waals surface area (Å²) in [5, 5.41) is 5.70. The van der Waals surface area contributed by atoms with Gasteiger partial charge < -0.3 is 10.1 Å². The molecule has 2 rings (SSSR count). The van der Waals surface area contributed by atoms with Crippen LogP contribution in [0.15, 0.2) is 17.5 Å². The van der Waals surface area contributed by atoms with E-state index in [0.717, 1.165) is 19.7 Å². The largest absolute Gasteiger partial charge is 0.383 e. The summed E-state index contributed by atoms with van der Waals surface area (Å²) in [6.07, 6.45) is 5.41. The van der Waals surface area contributed by atoms with Crippen molar-refractivity contribution >= 4 is 11.3 Å². The normalized spacial score (nSPS) is 18.3. The van der Waals surface area contributed by atoms with Gasteiger partial charge in [-0.25, -0.2) is 0 Å². The minimum absolute atomic E-state index is 0.540. The van der Waals surface area contributed by atoms with Crippen LogP contribution in [0, 0.1) is 5.41 Å². The van der Waals surface area contributed by atoms with Crippen molar-refractivity contribution in [3.05, 3.63) is 22.4 Å². The molecule has 2 nitrogen and oxygen atoms in total. The Bertz CT molecular complexity index is 293. The zero-order chi connectivity index (χ0) is 11.3. The summed E-state index contributed by atoms with van der Waals surface area (Å²) in [7, 11) is 1.76. The number of methoxy groups -OCH3 is 1. The number of nitrogens with one attached hydrogen (secondary N) is 1. The first-order valence-corrected chi connectivity index (χ1v) is 6.95. The first kappa shape index (κ1) is 12.1. The Morgan fingerprint density at radius 2 is 2.38 bits per heavy atom. The monoisotopic (exact) mass is 239 g/mol. The predicted octanol–water partition coefficient (Wildman–Crippen LogP) is 2.70. The van der Waals surface area contributed by atoms with E-state index < -0.39 is 0 Å². The van der Waals surface area contributed by atoms with Gasteiger partial charge in [0.2, 0.25) is 0 Å². The van der Waals surface area contributed by atoms with Crippen LogP contribution in [0.3, 0.4) is 0 Å². The highest BCUT2D eigenvalue weighted by molar-refractivity contribution is 7.09. The van der Waals surface area contributed by atoms with E-state index in [9.17, 15) is 0 Å². The summed E-state index contributed by atoms with van der Waals surface area (Å²) >= 11 is 1.89. The third-order valence-electron chi connectivity index (χ3n) is 3.53. The lowest BCUT2D eigenvalue weighted by Crippen LogP contribution is -2.42. The second-order valence-electron chi connectivity index (χ2n) is 4.78. The van der Waals surface area contributed by atoms with Gasteiger partial charge in [0, 0.05) is 25.1 Å². The molecule has 1 fully saturated rings. The van der Waals surface area contributed by atoms with Crippen molar-refractivity contribution in [3.63, 3.8) is 0 Å². The summed E-state index contributed by atoms with van der Waals surface area (Å²) in [5.41, 5.74) is 0.540. The van der Waals surface area contributed by atoms with Crippen molar-refractivity contribution in [2.24, 2.45) is 5.41 Å². The minimum atomic E-state index is 0.540. The number of hydrogen-bond acceptors (Lipinski definition) is 3. The topological polar surface area (TPSA) is 21.3 Å². The average Bonchev–Trinajstić information content (AvgIpc) is 2.73. The zero-order valence-electron chi connectivity index (χ0n) is 10.00. The average molecular weight is 239 g/mol. The van der Waals surface area contributed by atoms with E-state index in [-0.39, 0.29) is 0 Å². The molecule has 1 aliphatic rings. The Morgan fingerprint density at radius 1 is 1.50 bits per heavy atom. The fourth-order valence-electron chi connectivity index (χ4n) is 2.40. The molecule has 1 N–H and O–H groups in total. The van der Waals surface area contributed by atoms with Crippen LogP contribution in [0.4, 0.5) is 0 Å². The molecular formula is C13H21NOS. The lowest BCUT2D eigenvalue weighted by molar-refractivity contribution is 0.124. The summed E-state index contributed by atoms with van der Waals surface area (Å²) in [5.74, 6) is 0. The molecule has 90 valence electrons. The standard InChI is InChI=1S/C13H21NOS/c1-15-8-7-14-11-13(5-3-6-13)10-12-4-2-9-16-12/h2,4,9,14H,3,5-8,10-11H2,1H3. The highest BCUT2D eigenvalue weighted by Crippen LogP contribution is 2.43. The first-order chi connectivity index (χ1) is 7.85. The smallest absolute Gasteiger partial charge is 0.0587 e. The van der Waals surface area contributed by atoms with Gasteiger partial charge in [-0.1, -0.05) is 12.5 Å². The van der Waals surface area contributed by atoms with Gasteiger partial charge >= 0.3 is 0 Å². The Labute approximate surface area is 102 Å². The van der Waals surface area contributed by atoms with Gasteiger partial charge in [-0.2, -0.15) is 0 Å². The number of rotatable bonds is 7. The van der Waals surface area contributed by atoms with Crippen molar-refractivity contribution in [2.75, 3.05) is 26.8 Å². The zero-order valence-corrected chi connectivity index (χ0v) is 10.8. The fourth-order valence-corrected chi connectivity index (χ4v) is 3.28. The molecule has 3 heteroatoms. The molecule has 16 heavy (non-hydrogen) atoms. The SMILES string of the molecule is COCCNCC1(Cc2cccs2)CCC1. The fraction of sp³-hybridized carbons (Fsp3) is 0.692.